The van der Waals surface area contributed by atoms with E-state index in [0.29, 0.717) is 0 Å². The van der Waals surface area contributed by atoms with E-state index in [9.17, 15) is 4.39 Å². The van der Waals surface area contributed by atoms with E-state index in [1.54, 1.807) is 6.07 Å². The second-order valence-corrected chi connectivity index (χ2v) is 19.3. The molecule has 0 amide bonds. The van der Waals surface area contributed by atoms with Gasteiger partial charge in [-0.3, -0.25) is 4.39 Å². The fraction of sp³-hybridized carbons (Fsp3) is 0.190. The zero-order valence-electron chi connectivity index (χ0n) is 28.2. The summed E-state index contributed by atoms with van der Waals surface area (Å²) in [6.45, 7) is 13.6. The predicted molar refractivity (Wildman–Crippen MR) is 196 cm³/mol. The number of halogens is 1. The Balaban J connectivity index is 0.000000214. The van der Waals surface area contributed by atoms with E-state index in [4.69, 9.17) is 4.42 Å². The molecule has 0 unspecified atom stereocenters. The number of fused-ring (bicyclic) bond motifs is 3. The van der Waals surface area contributed by atoms with Crippen LogP contribution in [0, 0.1) is 23.4 Å². The van der Waals surface area contributed by atoms with Gasteiger partial charge in [0.05, 0.1) is 13.7 Å². The summed E-state index contributed by atoms with van der Waals surface area (Å²) in [5.41, 5.74) is 9.24. The summed E-state index contributed by atoms with van der Waals surface area (Å²) in [7, 11) is -1.30. The molecule has 0 atom stereocenters. The SMILES string of the molecule is CC(C)(C)Cc1ccnc(-c2[c-]cc3oc4cc(-c5ccccc5)ccc4c3c2)c1.C[Si](C)(C)c1ccc(-c2[c-]cc(F)cc2)nc1.[Ir]. The molecule has 245 valence electrons. The van der Waals surface area contributed by atoms with E-state index >= 15 is 0 Å². The first-order valence-electron chi connectivity index (χ1n) is 16.0. The van der Waals surface area contributed by atoms with Gasteiger partial charge in [-0.05, 0) is 51.7 Å². The first kappa shape index (κ1) is 35.1. The molecule has 0 spiro atoms. The molecule has 0 N–H and O–H groups in total. The Kier molecular flexibility index (Phi) is 10.6. The molecule has 3 aromatic heterocycles. The van der Waals surface area contributed by atoms with Crippen LogP contribution in [0.15, 0.2) is 120 Å². The molecule has 0 aliphatic heterocycles. The van der Waals surface area contributed by atoms with Gasteiger partial charge in [0, 0.05) is 43.7 Å². The molecule has 3 nitrogen and oxygen atoms in total. The largest absolute Gasteiger partial charge is 0.500 e. The first-order valence-corrected chi connectivity index (χ1v) is 19.5. The number of hydrogen-bond donors (Lipinski definition) is 0. The number of hydrogen-bond acceptors (Lipinski definition) is 3. The number of rotatable bonds is 5. The summed E-state index contributed by atoms with van der Waals surface area (Å²) in [5.74, 6) is -0.271. The molecule has 4 aromatic carbocycles. The molecule has 0 saturated heterocycles. The fourth-order valence-corrected chi connectivity index (χ4v) is 6.62. The zero-order chi connectivity index (χ0) is 33.2. The molecule has 7 aromatic rings. The molecule has 1 radical (unpaired) electrons. The second-order valence-electron chi connectivity index (χ2n) is 14.2. The van der Waals surface area contributed by atoms with Gasteiger partial charge in [0.2, 0.25) is 0 Å². The summed E-state index contributed by atoms with van der Waals surface area (Å²) in [6, 6.07) is 40.0. The Morgan fingerprint density at radius 3 is 2.15 bits per heavy atom. The predicted octanol–water partition coefficient (Wildman–Crippen LogP) is 10.9. The van der Waals surface area contributed by atoms with Crippen molar-refractivity contribution in [3.05, 3.63) is 139 Å². The Hall–Kier alpha value is -4.22. The third-order valence-electron chi connectivity index (χ3n) is 8.03. The van der Waals surface area contributed by atoms with Gasteiger partial charge in [0.1, 0.15) is 5.58 Å². The minimum Gasteiger partial charge on any atom is -0.500 e. The van der Waals surface area contributed by atoms with Gasteiger partial charge in [-0.25, -0.2) is 0 Å². The van der Waals surface area contributed by atoms with Crippen molar-refractivity contribution in [2.45, 2.75) is 46.8 Å². The molecule has 0 aliphatic carbocycles. The molecule has 0 fully saturated rings. The number of furan rings is 1. The molecular formula is C42H39FIrN2OSi-2. The molecule has 6 heteroatoms. The summed E-state index contributed by atoms with van der Waals surface area (Å²) in [4.78, 5) is 9.03. The van der Waals surface area contributed by atoms with Gasteiger partial charge in [0.25, 0.3) is 0 Å². The van der Waals surface area contributed by atoms with Gasteiger partial charge < -0.3 is 14.4 Å². The van der Waals surface area contributed by atoms with Crippen LogP contribution in [0.1, 0.15) is 26.3 Å². The van der Waals surface area contributed by atoms with E-state index in [2.05, 4.69) is 129 Å². The maximum absolute atomic E-state index is 12.8. The van der Waals surface area contributed by atoms with Crippen molar-refractivity contribution in [2.75, 3.05) is 0 Å². The van der Waals surface area contributed by atoms with Gasteiger partial charge in [0.15, 0.2) is 0 Å². The molecule has 48 heavy (non-hydrogen) atoms. The van der Waals surface area contributed by atoms with Crippen molar-refractivity contribution >= 4 is 35.2 Å². The van der Waals surface area contributed by atoms with Crippen molar-refractivity contribution in [2.24, 2.45) is 5.41 Å². The van der Waals surface area contributed by atoms with Gasteiger partial charge in [-0.2, -0.15) is 0 Å². The van der Waals surface area contributed by atoms with Crippen molar-refractivity contribution in [3.63, 3.8) is 0 Å². The molecule has 7 rings (SSSR count). The molecular weight excluding hydrogens is 788 g/mol. The Morgan fingerprint density at radius 1 is 0.708 bits per heavy atom. The third-order valence-corrected chi connectivity index (χ3v) is 10.1. The molecule has 0 bridgehead atoms. The van der Waals surface area contributed by atoms with E-state index < -0.39 is 8.07 Å². The zero-order valence-corrected chi connectivity index (χ0v) is 31.6. The average Bonchev–Trinajstić information content (AvgIpc) is 3.42. The normalized spacial score (nSPS) is 11.6. The molecule has 0 aliphatic rings. The van der Waals surface area contributed by atoms with Crippen LogP contribution in [-0.4, -0.2) is 18.0 Å². The van der Waals surface area contributed by atoms with Crippen LogP contribution in [0.2, 0.25) is 19.6 Å². The monoisotopic (exact) mass is 827 g/mol. The van der Waals surface area contributed by atoms with Gasteiger partial charge in [-0.1, -0.05) is 112 Å². The topological polar surface area (TPSA) is 38.9 Å². The fourth-order valence-electron chi connectivity index (χ4n) is 5.58. The standard InChI is InChI=1S/C28H24NO.C14H15FNSi.Ir/c1-28(2,3)18-19-13-14-29-25(15-19)22-10-12-26-24(16-22)23-11-9-21(17-27(23)30-26)20-7-5-4-6-8-20;1-17(2,3)13-8-9-14(16-10-13)11-4-6-12(15)7-5-11;/h4-9,11-17H,18H2,1-3H3;4,6-10H,1-3H3;/q2*-1;. The first-order chi connectivity index (χ1) is 22.4. The van der Waals surface area contributed by atoms with Gasteiger partial charge in [-0.15, -0.1) is 53.6 Å². The minimum absolute atomic E-state index is 0. The summed E-state index contributed by atoms with van der Waals surface area (Å²) in [5, 5.41) is 3.54. The van der Waals surface area contributed by atoms with Crippen LogP contribution in [-0.2, 0) is 26.5 Å². The average molecular weight is 827 g/mol. The number of aromatic nitrogens is 2. The van der Waals surface area contributed by atoms with E-state index in [0.717, 1.165) is 56.4 Å². The Bertz CT molecular complexity index is 2130. The van der Waals surface area contributed by atoms with Crippen LogP contribution >= 0.6 is 0 Å². The van der Waals surface area contributed by atoms with E-state index in [1.807, 2.05) is 30.6 Å². The number of benzene rings is 4. The van der Waals surface area contributed by atoms with Crippen LogP contribution < -0.4 is 5.19 Å². The second kappa shape index (κ2) is 14.5. The van der Waals surface area contributed by atoms with Crippen molar-refractivity contribution in [1.29, 1.82) is 0 Å². The molecule has 0 saturated carbocycles. The third kappa shape index (κ3) is 8.43. The van der Waals surface area contributed by atoms with E-state index in [1.165, 1.54) is 28.4 Å². The van der Waals surface area contributed by atoms with Crippen molar-refractivity contribution < 1.29 is 28.9 Å². The minimum atomic E-state index is -1.30. The number of pyridine rings is 2. The van der Waals surface area contributed by atoms with Crippen molar-refractivity contribution in [1.82, 2.24) is 9.97 Å². The Morgan fingerprint density at radius 2 is 1.48 bits per heavy atom. The smallest absolute Gasteiger partial charge is 0.121 e. The summed E-state index contributed by atoms with van der Waals surface area (Å²) < 4.78 is 18.9. The maximum Gasteiger partial charge on any atom is 0.121 e. The Labute approximate surface area is 297 Å². The van der Waals surface area contributed by atoms with Gasteiger partial charge >= 0.3 is 0 Å². The maximum atomic E-state index is 12.8. The van der Waals surface area contributed by atoms with Crippen molar-refractivity contribution in [3.8, 4) is 33.6 Å². The summed E-state index contributed by atoms with van der Waals surface area (Å²) in [6.07, 6.45) is 4.84. The molecule has 3 heterocycles. The van der Waals surface area contributed by atoms with Crippen LogP contribution in [0.4, 0.5) is 4.39 Å². The quantitative estimate of drug-likeness (QED) is 0.128. The van der Waals surface area contributed by atoms with Crippen LogP contribution in [0.3, 0.4) is 0 Å². The van der Waals surface area contributed by atoms with E-state index in [-0.39, 0.29) is 31.3 Å². The van der Waals surface area contributed by atoms with Crippen LogP contribution in [0.5, 0.6) is 0 Å². The summed E-state index contributed by atoms with van der Waals surface area (Å²) >= 11 is 0. The van der Waals surface area contributed by atoms with Crippen LogP contribution in [0.25, 0.3) is 55.6 Å². The number of nitrogens with zero attached hydrogens (tertiary/aromatic N) is 2.